The molecular formula is C10H12N4O. The minimum atomic E-state index is 0.346. The summed E-state index contributed by atoms with van der Waals surface area (Å²) in [5.41, 5.74) is 0. The number of rotatable bonds is 3. The van der Waals surface area contributed by atoms with Gasteiger partial charge in [0.15, 0.2) is 5.82 Å². The monoisotopic (exact) mass is 204 g/mol. The Morgan fingerprint density at radius 3 is 2.87 bits per heavy atom. The molecule has 0 unspecified atom stereocenters. The van der Waals surface area contributed by atoms with Crippen LogP contribution in [0.3, 0.4) is 0 Å². The normalized spacial score (nSPS) is 22.3. The van der Waals surface area contributed by atoms with Crippen molar-refractivity contribution in [2.24, 2.45) is 0 Å². The van der Waals surface area contributed by atoms with Crippen LogP contribution in [0.5, 0.6) is 0 Å². The summed E-state index contributed by atoms with van der Waals surface area (Å²) < 4.78 is 5.23. The summed E-state index contributed by atoms with van der Waals surface area (Å²) in [4.78, 5) is 6.48. The molecule has 5 heteroatoms. The van der Waals surface area contributed by atoms with Crippen molar-refractivity contribution >= 4 is 0 Å². The fraction of sp³-hybridized carbons (Fsp3) is 0.700. The van der Waals surface area contributed by atoms with Crippen molar-refractivity contribution in [3.05, 3.63) is 11.7 Å². The standard InChI is InChI=1S/C10H12N4O/c11-3-4-14-5-8(6-14)10-12-9(13-15-10)7-1-2-7/h7-8H,1-2,4-6H2. The fourth-order valence-corrected chi connectivity index (χ4v) is 1.88. The third-order valence-corrected chi connectivity index (χ3v) is 3.00. The lowest BCUT2D eigenvalue weighted by molar-refractivity contribution is 0.142. The first-order chi connectivity index (χ1) is 7.36. The first kappa shape index (κ1) is 8.86. The van der Waals surface area contributed by atoms with Gasteiger partial charge >= 0.3 is 0 Å². The Morgan fingerprint density at radius 1 is 1.40 bits per heavy atom. The first-order valence-electron chi connectivity index (χ1n) is 5.29. The summed E-state index contributed by atoms with van der Waals surface area (Å²) in [6.07, 6.45) is 2.40. The molecule has 2 fully saturated rings. The second-order valence-electron chi connectivity index (χ2n) is 4.31. The molecule has 2 heterocycles. The molecule has 2 aliphatic rings. The summed E-state index contributed by atoms with van der Waals surface area (Å²) in [7, 11) is 0. The molecule has 1 aliphatic heterocycles. The molecule has 0 atom stereocenters. The van der Waals surface area contributed by atoms with Crippen molar-refractivity contribution in [3.63, 3.8) is 0 Å². The zero-order chi connectivity index (χ0) is 10.3. The van der Waals surface area contributed by atoms with Gasteiger partial charge in [-0.05, 0) is 12.8 Å². The van der Waals surface area contributed by atoms with Crippen molar-refractivity contribution in [1.82, 2.24) is 15.0 Å². The van der Waals surface area contributed by atoms with Gasteiger partial charge in [-0.3, -0.25) is 4.90 Å². The van der Waals surface area contributed by atoms with Gasteiger partial charge in [0.1, 0.15) is 0 Å². The number of likely N-dealkylation sites (tertiary alicyclic amines) is 1. The van der Waals surface area contributed by atoms with E-state index >= 15 is 0 Å². The molecule has 3 rings (SSSR count). The van der Waals surface area contributed by atoms with Crippen LogP contribution in [0.1, 0.15) is 36.4 Å². The topological polar surface area (TPSA) is 66.0 Å². The van der Waals surface area contributed by atoms with Crippen LogP contribution in [-0.4, -0.2) is 34.7 Å². The molecule has 5 nitrogen and oxygen atoms in total. The SMILES string of the molecule is N#CCN1CC(c2nc(C3CC3)no2)C1. The van der Waals surface area contributed by atoms with Crippen molar-refractivity contribution in [1.29, 1.82) is 5.26 Å². The Bertz CT molecular complexity index is 398. The van der Waals surface area contributed by atoms with E-state index in [1.165, 1.54) is 12.8 Å². The number of nitrogens with zero attached hydrogens (tertiary/aromatic N) is 4. The van der Waals surface area contributed by atoms with Crippen LogP contribution in [0.2, 0.25) is 0 Å². The van der Waals surface area contributed by atoms with Crippen LogP contribution in [0.4, 0.5) is 0 Å². The van der Waals surface area contributed by atoms with E-state index in [1.807, 2.05) is 0 Å². The van der Waals surface area contributed by atoms with Gasteiger partial charge in [-0.1, -0.05) is 5.16 Å². The van der Waals surface area contributed by atoms with Crippen molar-refractivity contribution < 1.29 is 4.52 Å². The van der Waals surface area contributed by atoms with E-state index in [0.717, 1.165) is 24.8 Å². The molecular weight excluding hydrogens is 192 g/mol. The molecule has 0 aromatic carbocycles. The van der Waals surface area contributed by atoms with E-state index in [9.17, 15) is 0 Å². The lowest BCUT2D eigenvalue weighted by Gasteiger charge is -2.34. The van der Waals surface area contributed by atoms with Crippen LogP contribution < -0.4 is 0 Å². The maximum absolute atomic E-state index is 8.50. The number of nitriles is 1. The number of aromatic nitrogens is 2. The van der Waals surface area contributed by atoms with Crippen LogP contribution in [0, 0.1) is 11.3 Å². The van der Waals surface area contributed by atoms with E-state index in [-0.39, 0.29) is 0 Å². The van der Waals surface area contributed by atoms with Gasteiger partial charge in [0, 0.05) is 19.0 Å². The van der Waals surface area contributed by atoms with Crippen LogP contribution >= 0.6 is 0 Å². The average molecular weight is 204 g/mol. The molecule has 0 bridgehead atoms. The number of hydrogen-bond acceptors (Lipinski definition) is 5. The summed E-state index contributed by atoms with van der Waals surface area (Å²) in [6.45, 7) is 2.25. The maximum Gasteiger partial charge on any atom is 0.232 e. The van der Waals surface area contributed by atoms with Crippen molar-refractivity contribution in [2.45, 2.75) is 24.7 Å². The van der Waals surface area contributed by atoms with Gasteiger partial charge in [0.05, 0.1) is 18.5 Å². The Kier molecular flexibility index (Phi) is 1.96. The highest BCUT2D eigenvalue weighted by Gasteiger charge is 2.34. The summed E-state index contributed by atoms with van der Waals surface area (Å²) in [5.74, 6) is 2.53. The van der Waals surface area contributed by atoms with Gasteiger partial charge in [0.25, 0.3) is 0 Å². The third kappa shape index (κ3) is 1.61. The molecule has 0 radical (unpaired) electrons. The fourth-order valence-electron chi connectivity index (χ4n) is 1.88. The largest absolute Gasteiger partial charge is 0.339 e. The summed E-state index contributed by atoms with van der Waals surface area (Å²) >= 11 is 0. The van der Waals surface area contributed by atoms with Crippen molar-refractivity contribution in [3.8, 4) is 6.07 Å². The zero-order valence-electron chi connectivity index (χ0n) is 8.39. The number of hydrogen-bond donors (Lipinski definition) is 0. The minimum absolute atomic E-state index is 0.346. The Morgan fingerprint density at radius 2 is 2.20 bits per heavy atom. The van der Waals surface area contributed by atoms with Crippen LogP contribution in [0.25, 0.3) is 0 Å². The minimum Gasteiger partial charge on any atom is -0.339 e. The van der Waals surface area contributed by atoms with Crippen LogP contribution in [-0.2, 0) is 0 Å². The molecule has 1 aliphatic carbocycles. The lowest BCUT2D eigenvalue weighted by Crippen LogP contribution is -2.45. The highest BCUT2D eigenvalue weighted by molar-refractivity contribution is 5.08. The second kappa shape index (κ2) is 3.31. The van der Waals surface area contributed by atoms with E-state index in [4.69, 9.17) is 9.78 Å². The third-order valence-electron chi connectivity index (χ3n) is 3.00. The summed E-state index contributed by atoms with van der Waals surface area (Å²) in [5, 5.41) is 12.5. The van der Waals surface area contributed by atoms with Crippen molar-refractivity contribution in [2.75, 3.05) is 19.6 Å². The second-order valence-corrected chi connectivity index (χ2v) is 4.31. The van der Waals surface area contributed by atoms with Gasteiger partial charge in [-0.2, -0.15) is 10.2 Å². The van der Waals surface area contributed by atoms with E-state index < -0.39 is 0 Å². The van der Waals surface area contributed by atoms with Gasteiger partial charge < -0.3 is 4.52 Å². The predicted molar refractivity (Wildman–Crippen MR) is 51.1 cm³/mol. The Hall–Kier alpha value is -1.41. The quantitative estimate of drug-likeness (QED) is 0.683. The van der Waals surface area contributed by atoms with Crippen LogP contribution in [0.15, 0.2) is 4.52 Å². The molecule has 0 N–H and O–H groups in total. The smallest absolute Gasteiger partial charge is 0.232 e. The molecule has 0 amide bonds. The molecule has 1 aromatic rings. The predicted octanol–water partition coefficient (Wildman–Crippen LogP) is 0.870. The first-order valence-corrected chi connectivity index (χ1v) is 5.29. The van der Waals surface area contributed by atoms with Gasteiger partial charge in [-0.15, -0.1) is 0 Å². The molecule has 1 saturated carbocycles. The van der Waals surface area contributed by atoms with E-state index in [1.54, 1.807) is 0 Å². The van der Waals surface area contributed by atoms with Gasteiger partial charge in [-0.25, -0.2) is 0 Å². The molecule has 0 spiro atoms. The van der Waals surface area contributed by atoms with Gasteiger partial charge in [0.2, 0.25) is 5.89 Å². The maximum atomic E-state index is 8.50. The Labute approximate surface area is 87.7 Å². The zero-order valence-corrected chi connectivity index (χ0v) is 8.39. The highest BCUT2D eigenvalue weighted by Crippen LogP contribution is 2.39. The molecule has 78 valence electrons. The lowest BCUT2D eigenvalue weighted by atomic mass is 10.0. The van der Waals surface area contributed by atoms with E-state index in [2.05, 4.69) is 21.1 Å². The van der Waals surface area contributed by atoms with E-state index in [0.29, 0.717) is 18.4 Å². The summed E-state index contributed by atoms with van der Waals surface area (Å²) in [6, 6.07) is 2.13. The Balaban J connectivity index is 1.61. The average Bonchev–Trinajstić information content (AvgIpc) is 2.91. The molecule has 15 heavy (non-hydrogen) atoms. The molecule has 1 saturated heterocycles. The highest BCUT2D eigenvalue weighted by atomic mass is 16.5. The molecule has 1 aromatic heterocycles.